The first-order valence-electron chi connectivity index (χ1n) is 5.42. The molecule has 19 heavy (non-hydrogen) atoms. The first-order valence-corrected chi connectivity index (χ1v) is 5.42. The van der Waals surface area contributed by atoms with Crippen molar-refractivity contribution in [2.75, 3.05) is 18.6 Å². The lowest BCUT2D eigenvalue weighted by Crippen LogP contribution is -2.05. The van der Waals surface area contributed by atoms with E-state index in [1.165, 1.54) is 31.5 Å². The van der Waals surface area contributed by atoms with Crippen LogP contribution in [0.5, 0.6) is 0 Å². The van der Waals surface area contributed by atoms with Gasteiger partial charge in [-0.15, -0.1) is 0 Å². The molecule has 0 aliphatic carbocycles. The lowest BCUT2D eigenvalue weighted by atomic mass is 10.1. The molecule has 1 aromatic heterocycles. The van der Waals surface area contributed by atoms with Crippen molar-refractivity contribution in [3.63, 3.8) is 0 Å². The highest BCUT2D eigenvalue weighted by atomic mass is 19.1. The topological polar surface area (TPSA) is 91.2 Å². The molecule has 5 nitrogen and oxygen atoms in total. The minimum Gasteiger partial charge on any atom is -0.465 e. The van der Waals surface area contributed by atoms with Crippen LogP contribution in [-0.2, 0) is 4.74 Å². The Kier molecular flexibility index (Phi) is 3.33. The van der Waals surface area contributed by atoms with E-state index in [0.717, 1.165) is 0 Å². The number of rotatable bonds is 2. The second kappa shape index (κ2) is 4.93. The highest BCUT2D eigenvalue weighted by Crippen LogP contribution is 2.28. The van der Waals surface area contributed by atoms with E-state index in [2.05, 4.69) is 9.72 Å². The molecule has 0 saturated heterocycles. The maximum Gasteiger partial charge on any atom is 0.340 e. The maximum atomic E-state index is 13.8. The first kappa shape index (κ1) is 12.8. The van der Waals surface area contributed by atoms with Crippen molar-refractivity contribution >= 4 is 17.3 Å². The minimum atomic E-state index is -0.738. The summed E-state index contributed by atoms with van der Waals surface area (Å²) >= 11 is 0. The summed E-state index contributed by atoms with van der Waals surface area (Å²) < 4.78 is 18.3. The quantitative estimate of drug-likeness (QED) is 0.805. The summed E-state index contributed by atoms with van der Waals surface area (Å²) in [6, 6.07) is 5.58. The van der Waals surface area contributed by atoms with Crippen molar-refractivity contribution in [1.29, 1.82) is 0 Å². The molecule has 0 atom stereocenters. The predicted molar refractivity (Wildman–Crippen MR) is 69.8 cm³/mol. The van der Waals surface area contributed by atoms with Gasteiger partial charge in [-0.25, -0.2) is 9.18 Å². The number of ether oxygens (including phenoxy) is 1. The van der Waals surface area contributed by atoms with Crippen LogP contribution in [0.15, 0.2) is 30.5 Å². The fourth-order valence-corrected chi connectivity index (χ4v) is 1.66. The van der Waals surface area contributed by atoms with E-state index in [9.17, 15) is 9.18 Å². The average Bonchev–Trinajstić information content (AvgIpc) is 2.41. The number of methoxy groups -OCH3 is 1. The third kappa shape index (κ3) is 2.33. The fraction of sp³-hybridized carbons (Fsp3) is 0.0769. The number of nitrogens with zero attached hydrogens (tertiary/aromatic N) is 1. The van der Waals surface area contributed by atoms with Crippen LogP contribution in [0.4, 0.5) is 15.8 Å². The van der Waals surface area contributed by atoms with E-state index in [4.69, 9.17) is 11.5 Å². The number of hydrogen-bond acceptors (Lipinski definition) is 5. The van der Waals surface area contributed by atoms with Gasteiger partial charge in [0.05, 0.1) is 29.7 Å². The molecule has 0 aliphatic rings. The van der Waals surface area contributed by atoms with Gasteiger partial charge < -0.3 is 16.2 Å². The van der Waals surface area contributed by atoms with Gasteiger partial charge in [0, 0.05) is 11.8 Å². The van der Waals surface area contributed by atoms with E-state index < -0.39 is 11.8 Å². The lowest BCUT2D eigenvalue weighted by Gasteiger charge is -2.08. The zero-order valence-electron chi connectivity index (χ0n) is 10.2. The fourth-order valence-electron chi connectivity index (χ4n) is 1.66. The molecular formula is C13H12FN3O2. The SMILES string of the molecule is COC(=O)c1ccc(-c2nccc(N)c2N)cc1F. The number of carbonyl (C=O) groups is 1. The number of carbonyl (C=O) groups excluding carboxylic acids is 1. The highest BCUT2D eigenvalue weighted by Gasteiger charge is 2.14. The number of hydrogen-bond donors (Lipinski definition) is 2. The standard InChI is InChI=1S/C13H12FN3O2/c1-19-13(18)8-3-2-7(6-9(8)14)12-11(16)10(15)4-5-17-12/h2-6H,16H2,1H3,(H2,15,17). The molecule has 0 amide bonds. The molecule has 0 saturated carbocycles. The summed E-state index contributed by atoms with van der Waals surface area (Å²) in [5, 5.41) is 0. The third-order valence-electron chi connectivity index (χ3n) is 2.67. The summed E-state index contributed by atoms with van der Waals surface area (Å²) in [5.74, 6) is -1.44. The predicted octanol–water partition coefficient (Wildman–Crippen LogP) is 1.84. The van der Waals surface area contributed by atoms with Gasteiger partial charge in [-0.3, -0.25) is 4.98 Å². The van der Waals surface area contributed by atoms with E-state index in [1.807, 2.05) is 0 Å². The smallest absolute Gasteiger partial charge is 0.340 e. The van der Waals surface area contributed by atoms with E-state index in [-0.39, 0.29) is 11.3 Å². The number of benzene rings is 1. The third-order valence-corrected chi connectivity index (χ3v) is 2.67. The summed E-state index contributed by atoms with van der Waals surface area (Å²) in [6.45, 7) is 0. The van der Waals surface area contributed by atoms with Crippen LogP contribution in [0.3, 0.4) is 0 Å². The van der Waals surface area contributed by atoms with Gasteiger partial charge in [0.2, 0.25) is 0 Å². The number of pyridine rings is 1. The van der Waals surface area contributed by atoms with E-state index in [1.54, 1.807) is 6.07 Å². The molecule has 0 unspecified atom stereocenters. The van der Waals surface area contributed by atoms with Gasteiger partial charge >= 0.3 is 5.97 Å². The molecule has 0 aliphatic heterocycles. The Morgan fingerprint density at radius 2 is 2.05 bits per heavy atom. The van der Waals surface area contributed by atoms with Crippen LogP contribution < -0.4 is 11.5 Å². The molecular weight excluding hydrogens is 249 g/mol. The van der Waals surface area contributed by atoms with Crippen molar-refractivity contribution < 1.29 is 13.9 Å². The average molecular weight is 261 g/mol. The summed E-state index contributed by atoms with van der Waals surface area (Å²) in [7, 11) is 1.19. The van der Waals surface area contributed by atoms with Crippen molar-refractivity contribution in [2.24, 2.45) is 0 Å². The number of nitrogen functional groups attached to an aromatic ring is 2. The monoisotopic (exact) mass is 261 g/mol. The Morgan fingerprint density at radius 3 is 2.68 bits per heavy atom. The highest BCUT2D eigenvalue weighted by molar-refractivity contribution is 5.91. The molecule has 1 aromatic carbocycles. The van der Waals surface area contributed by atoms with E-state index >= 15 is 0 Å². The number of halogens is 1. The van der Waals surface area contributed by atoms with Gasteiger partial charge in [-0.05, 0) is 18.2 Å². The molecule has 6 heteroatoms. The van der Waals surface area contributed by atoms with Crippen molar-refractivity contribution in [3.05, 3.63) is 41.8 Å². The van der Waals surface area contributed by atoms with Crippen LogP contribution in [0.1, 0.15) is 10.4 Å². The molecule has 0 bridgehead atoms. The lowest BCUT2D eigenvalue weighted by molar-refractivity contribution is 0.0595. The maximum absolute atomic E-state index is 13.8. The summed E-state index contributed by atoms with van der Waals surface area (Å²) in [5.41, 5.74) is 12.8. The largest absolute Gasteiger partial charge is 0.465 e. The molecule has 2 rings (SSSR count). The minimum absolute atomic E-state index is 0.145. The van der Waals surface area contributed by atoms with Crippen LogP contribution in [-0.4, -0.2) is 18.1 Å². The van der Waals surface area contributed by atoms with E-state index in [0.29, 0.717) is 16.9 Å². The Labute approximate surface area is 109 Å². The van der Waals surface area contributed by atoms with Crippen molar-refractivity contribution in [1.82, 2.24) is 4.98 Å². The van der Waals surface area contributed by atoms with Crippen LogP contribution >= 0.6 is 0 Å². The van der Waals surface area contributed by atoms with Crippen LogP contribution in [0.2, 0.25) is 0 Å². The Morgan fingerprint density at radius 1 is 1.32 bits per heavy atom. The van der Waals surface area contributed by atoms with Crippen LogP contribution in [0, 0.1) is 5.82 Å². The Balaban J connectivity index is 2.51. The van der Waals surface area contributed by atoms with Crippen LogP contribution in [0.25, 0.3) is 11.3 Å². The van der Waals surface area contributed by atoms with Gasteiger partial charge in [0.25, 0.3) is 0 Å². The molecule has 2 aromatic rings. The number of anilines is 2. The van der Waals surface area contributed by atoms with Crippen molar-refractivity contribution in [3.8, 4) is 11.3 Å². The molecule has 1 heterocycles. The Bertz CT molecular complexity index is 644. The van der Waals surface area contributed by atoms with Gasteiger partial charge in [-0.2, -0.15) is 0 Å². The Hall–Kier alpha value is -2.63. The molecule has 4 N–H and O–H groups in total. The summed E-state index contributed by atoms with van der Waals surface area (Å²) in [6.07, 6.45) is 1.48. The van der Waals surface area contributed by atoms with Crippen molar-refractivity contribution in [2.45, 2.75) is 0 Å². The van der Waals surface area contributed by atoms with Gasteiger partial charge in [0.15, 0.2) is 0 Å². The molecule has 98 valence electrons. The number of esters is 1. The zero-order valence-corrected chi connectivity index (χ0v) is 10.2. The first-order chi connectivity index (χ1) is 9.04. The van der Waals surface area contributed by atoms with Gasteiger partial charge in [0.1, 0.15) is 5.82 Å². The molecule has 0 spiro atoms. The van der Waals surface area contributed by atoms with Gasteiger partial charge in [-0.1, -0.05) is 6.07 Å². The second-order valence-corrected chi connectivity index (χ2v) is 3.85. The molecule has 0 radical (unpaired) electrons. The molecule has 0 fully saturated rings. The number of aromatic nitrogens is 1. The number of nitrogens with two attached hydrogens (primary N) is 2. The summed E-state index contributed by atoms with van der Waals surface area (Å²) in [4.78, 5) is 15.3. The normalized spacial score (nSPS) is 10.2. The second-order valence-electron chi connectivity index (χ2n) is 3.85. The zero-order chi connectivity index (χ0) is 14.0.